The quantitative estimate of drug-likeness (QED) is 0.373. The summed E-state index contributed by atoms with van der Waals surface area (Å²) in [6.45, 7) is 1.21. The lowest BCUT2D eigenvalue weighted by Gasteiger charge is -2.37. The molecule has 2 amide bonds. The molecule has 0 saturated carbocycles. The van der Waals surface area contributed by atoms with Crippen LogP contribution in [0.3, 0.4) is 0 Å². The molecule has 0 unspecified atom stereocenters. The highest BCUT2D eigenvalue weighted by molar-refractivity contribution is 7.90. The summed E-state index contributed by atoms with van der Waals surface area (Å²) < 4.78 is 38.2. The van der Waals surface area contributed by atoms with Gasteiger partial charge < -0.3 is 14.8 Å². The average molecular weight is 569 g/mol. The fraction of sp³-hybridized carbons (Fsp3) is 0.214. The number of carbonyl (C=O) groups is 2. The first-order valence-electron chi connectivity index (χ1n) is 12.3. The Morgan fingerprint density at radius 1 is 1.00 bits per heavy atom. The molecule has 2 heterocycles. The molecule has 1 aliphatic rings. The van der Waals surface area contributed by atoms with Crippen LogP contribution in [-0.2, 0) is 14.6 Å². The Morgan fingerprint density at radius 3 is 2.41 bits per heavy atom. The molecule has 0 spiro atoms. The summed E-state index contributed by atoms with van der Waals surface area (Å²) in [5.41, 5.74) is 2.12. The van der Waals surface area contributed by atoms with Crippen LogP contribution in [-0.4, -0.2) is 69.1 Å². The van der Waals surface area contributed by atoms with E-state index in [0.29, 0.717) is 48.1 Å². The van der Waals surface area contributed by atoms with Crippen LogP contribution in [0.4, 0.5) is 15.8 Å². The monoisotopic (exact) mass is 568 g/mol. The van der Waals surface area contributed by atoms with Crippen LogP contribution in [0.15, 0.2) is 77.8 Å². The number of sulfone groups is 1. The van der Waals surface area contributed by atoms with Gasteiger partial charge in [0.2, 0.25) is 5.91 Å². The topological polar surface area (TPSA) is 93.8 Å². The minimum Gasteiger partial charge on any atom is -0.367 e. The second kappa shape index (κ2) is 10.7. The van der Waals surface area contributed by atoms with Gasteiger partial charge in [-0.05, 0) is 42.5 Å². The third-order valence-electron chi connectivity index (χ3n) is 6.78. The van der Waals surface area contributed by atoms with Gasteiger partial charge in [0.25, 0.3) is 5.91 Å². The van der Waals surface area contributed by atoms with Gasteiger partial charge in [0.1, 0.15) is 12.4 Å². The first-order chi connectivity index (χ1) is 18.6. The van der Waals surface area contributed by atoms with Crippen molar-refractivity contribution in [2.45, 2.75) is 4.90 Å². The molecular formula is C28H26ClFN4O4S. The summed E-state index contributed by atoms with van der Waals surface area (Å²) in [6.07, 6.45) is 2.70. The van der Waals surface area contributed by atoms with Crippen LogP contribution in [0.2, 0.25) is 5.02 Å². The second-order valence-corrected chi connectivity index (χ2v) is 11.8. The maximum Gasteiger partial charge on any atom is 0.258 e. The lowest BCUT2D eigenvalue weighted by molar-refractivity contribution is -0.129. The maximum atomic E-state index is 13.8. The first kappa shape index (κ1) is 26.7. The van der Waals surface area contributed by atoms with Crippen molar-refractivity contribution in [3.63, 3.8) is 0 Å². The molecule has 1 saturated heterocycles. The van der Waals surface area contributed by atoms with E-state index in [2.05, 4.69) is 4.98 Å². The van der Waals surface area contributed by atoms with Crippen LogP contribution in [0.1, 0.15) is 10.4 Å². The fourth-order valence-corrected chi connectivity index (χ4v) is 5.87. The molecule has 1 aliphatic heterocycles. The van der Waals surface area contributed by atoms with Gasteiger partial charge in [-0.3, -0.25) is 14.5 Å². The standard InChI is InChI=1S/C28H26ClFN4O4S/c1-39(37,38)26-16-20(30)8-10-25(26)32-11-13-33(14-12-32)27(35)18-34(21-5-3-2-4-6-21)28(36)19-7-9-22-23(29)17-31-24(22)15-19/h2-10,15-17,31H,11-14,18H2,1H3. The van der Waals surface area contributed by atoms with Crippen molar-refractivity contribution in [1.29, 1.82) is 0 Å². The maximum absolute atomic E-state index is 13.8. The molecule has 8 nitrogen and oxygen atoms in total. The number of carbonyl (C=O) groups excluding carboxylic acids is 2. The largest absolute Gasteiger partial charge is 0.367 e. The molecule has 0 radical (unpaired) electrons. The second-order valence-electron chi connectivity index (χ2n) is 9.38. The number of para-hydroxylation sites is 1. The molecule has 39 heavy (non-hydrogen) atoms. The molecule has 0 aliphatic carbocycles. The summed E-state index contributed by atoms with van der Waals surface area (Å²) in [6, 6.07) is 17.8. The molecule has 1 aromatic heterocycles. The minimum absolute atomic E-state index is 0.0801. The molecule has 4 aromatic rings. The van der Waals surface area contributed by atoms with E-state index in [0.717, 1.165) is 23.2 Å². The molecule has 1 N–H and O–H groups in total. The van der Waals surface area contributed by atoms with Crippen LogP contribution in [0.25, 0.3) is 10.9 Å². The number of aromatic amines is 1. The third-order valence-corrected chi connectivity index (χ3v) is 8.22. The lowest BCUT2D eigenvalue weighted by atomic mass is 10.1. The van der Waals surface area contributed by atoms with Crippen LogP contribution < -0.4 is 9.80 Å². The van der Waals surface area contributed by atoms with Crippen LogP contribution in [0, 0.1) is 5.82 Å². The predicted molar refractivity (Wildman–Crippen MR) is 150 cm³/mol. The zero-order valence-corrected chi connectivity index (χ0v) is 22.7. The smallest absolute Gasteiger partial charge is 0.258 e. The highest BCUT2D eigenvalue weighted by atomic mass is 35.5. The van der Waals surface area contributed by atoms with E-state index in [1.165, 1.54) is 17.0 Å². The van der Waals surface area contributed by atoms with Crippen molar-refractivity contribution in [3.8, 4) is 0 Å². The SMILES string of the molecule is CS(=O)(=O)c1cc(F)ccc1N1CCN(C(=O)CN(C(=O)c2ccc3c(Cl)c[nH]c3c2)c2ccccc2)CC1. The number of amides is 2. The molecule has 1 fully saturated rings. The number of aromatic nitrogens is 1. The van der Waals surface area contributed by atoms with Gasteiger partial charge in [-0.25, -0.2) is 12.8 Å². The van der Waals surface area contributed by atoms with Crippen molar-refractivity contribution in [3.05, 3.63) is 89.3 Å². The van der Waals surface area contributed by atoms with Crippen molar-refractivity contribution in [2.75, 3.05) is 48.8 Å². The number of benzene rings is 3. The van der Waals surface area contributed by atoms with Gasteiger partial charge >= 0.3 is 0 Å². The Hall–Kier alpha value is -3.89. The molecule has 5 rings (SSSR count). The number of nitrogens with one attached hydrogen (secondary N) is 1. The lowest BCUT2D eigenvalue weighted by Crippen LogP contribution is -2.52. The van der Waals surface area contributed by atoms with Crippen molar-refractivity contribution in [2.24, 2.45) is 0 Å². The van der Waals surface area contributed by atoms with Gasteiger partial charge in [0.05, 0.1) is 15.6 Å². The van der Waals surface area contributed by atoms with E-state index in [4.69, 9.17) is 11.6 Å². The molecular weight excluding hydrogens is 543 g/mol. The summed E-state index contributed by atoms with van der Waals surface area (Å²) in [5, 5.41) is 1.36. The Balaban J connectivity index is 1.33. The Labute approximate surface area is 230 Å². The summed E-state index contributed by atoms with van der Waals surface area (Å²) >= 11 is 6.18. The number of rotatable bonds is 6. The predicted octanol–water partition coefficient (Wildman–Crippen LogP) is 4.36. The normalized spacial score (nSPS) is 14.0. The van der Waals surface area contributed by atoms with E-state index in [1.54, 1.807) is 53.6 Å². The van der Waals surface area contributed by atoms with E-state index in [-0.39, 0.29) is 23.3 Å². The zero-order chi connectivity index (χ0) is 27.7. The molecule has 3 aromatic carbocycles. The van der Waals surface area contributed by atoms with Crippen molar-refractivity contribution >= 4 is 55.5 Å². The number of hydrogen-bond donors (Lipinski definition) is 1. The van der Waals surface area contributed by atoms with E-state index >= 15 is 0 Å². The van der Waals surface area contributed by atoms with Crippen molar-refractivity contribution in [1.82, 2.24) is 9.88 Å². The van der Waals surface area contributed by atoms with E-state index in [9.17, 15) is 22.4 Å². The van der Waals surface area contributed by atoms with Gasteiger partial charge in [-0.1, -0.05) is 35.9 Å². The number of nitrogens with zero attached hydrogens (tertiary/aromatic N) is 3. The van der Waals surface area contributed by atoms with Crippen LogP contribution >= 0.6 is 11.6 Å². The van der Waals surface area contributed by atoms with E-state index in [1.807, 2.05) is 11.0 Å². The van der Waals surface area contributed by atoms with Gasteiger partial charge in [-0.2, -0.15) is 0 Å². The van der Waals surface area contributed by atoms with Crippen molar-refractivity contribution < 1.29 is 22.4 Å². The summed E-state index contributed by atoms with van der Waals surface area (Å²) in [7, 11) is -3.65. The molecule has 202 valence electrons. The molecule has 0 bridgehead atoms. The number of fused-ring (bicyclic) bond motifs is 1. The molecule has 0 atom stereocenters. The molecule has 11 heteroatoms. The Bertz CT molecular complexity index is 1650. The summed E-state index contributed by atoms with van der Waals surface area (Å²) in [5.74, 6) is -1.19. The van der Waals surface area contributed by atoms with Gasteiger partial charge in [0.15, 0.2) is 9.84 Å². The van der Waals surface area contributed by atoms with Crippen LogP contribution in [0.5, 0.6) is 0 Å². The number of hydrogen-bond acceptors (Lipinski definition) is 5. The zero-order valence-electron chi connectivity index (χ0n) is 21.1. The first-order valence-corrected chi connectivity index (χ1v) is 14.5. The average Bonchev–Trinajstić information content (AvgIpc) is 3.31. The minimum atomic E-state index is -3.65. The van der Waals surface area contributed by atoms with E-state index < -0.39 is 15.7 Å². The number of piperazine rings is 1. The highest BCUT2D eigenvalue weighted by Crippen LogP contribution is 2.28. The van der Waals surface area contributed by atoms with Gasteiger partial charge in [0, 0.05) is 60.8 Å². The fourth-order valence-electron chi connectivity index (χ4n) is 4.75. The Kier molecular flexibility index (Phi) is 7.33. The highest BCUT2D eigenvalue weighted by Gasteiger charge is 2.28. The van der Waals surface area contributed by atoms with Gasteiger partial charge in [-0.15, -0.1) is 0 Å². The number of anilines is 2. The number of H-pyrrole nitrogens is 1. The summed E-state index contributed by atoms with van der Waals surface area (Å²) in [4.78, 5) is 34.9. The Morgan fingerprint density at radius 2 is 1.72 bits per heavy atom. The third kappa shape index (κ3) is 5.62. The number of halogens is 2.